The normalized spacial score (nSPS) is 10.1. The Hall–Kier alpha value is -1.47. The molecule has 7 heteroatoms. The third-order valence-corrected chi connectivity index (χ3v) is 3.56. The molecule has 0 aliphatic heterocycles. The van der Waals surface area contributed by atoms with Crippen LogP contribution in [0.1, 0.15) is 10.4 Å². The molecule has 5 nitrogen and oxygen atoms in total. The standard InChI is InChI=1S/C9H8N4OS2/c1-15-9-13-12-8(16-9)11-7(14)6-2-4-10-5-3-6/h2-5H,1H3,(H,11,12,14). The van der Waals surface area contributed by atoms with Crippen LogP contribution in [0.4, 0.5) is 5.13 Å². The van der Waals surface area contributed by atoms with E-state index in [9.17, 15) is 4.79 Å². The second kappa shape index (κ2) is 5.04. The molecule has 2 aromatic rings. The summed E-state index contributed by atoms with van der Waals surface area (Å²) >= 11 is 2.85. The molecule has 0 bridgehead atoms. The first-order valence-corrected chi connectivity index (χ1v) is 6.42. The Labute approximate surface area is 100 Å². The number of pyridine rings is 1. The van der Waals surface area contributed by atoms with E-state index >= 15 is 0 Å². The van der Waals surface area contributed by atoms with Crippen LogP contribution >= 0.6 is 23.1 Å². The third-order valence-electron chi connectivity index (χ3n) is 1.74. The van der Waals surface area contributed by atoms with Crippen molar-refractivity contribution in [1.29, 1.82) is 0 Å². The van der Waals surface area contributed by atoms with Crippen molar-refractivity contribution in [1.82, 2.24) is 15.2 Å². The molecule has 0 saturated heterocycles. The quantitative estimate of drug-likeness (QED) is 0.667. The van der Waals surface area contributed by atoms with Gasteiger partial charge in [0.05, 0.1) is 0 Å². The van der Waals surface area contributed by atoms with E-state index in [-0.39, 0.29) is 5.91 Å². The fraction of sp³-hybridized carbons (Fsp3) is 0.111. The van der Waals surface area contributed by atoms with Crippen molar-refractivity contribution in [3.63, 3.8) is 0 Å². The smallest absolute Gasteiger partial charge is 0.257 e. The summed E-state index contributed by atoms with van der Waals surface area (Å²) in [5.74, 6) is -0.203. The molecule has 0 spiro atoms. The third kappa shape index (κ3) is 2.56. The topological polar surface area (TPSA) is 67.8 Å². The fourth-order valence-corrected chi connectivity index (χ4v) is 2.18. The van der Waals surface area contributed by atoms with E-state index < -0.39 is 0 Å². The van der Waals surface area contributed by atoms with Crippen molar-refractivity contribution in [2.75, 3.05) is 11.6 Å². The Morgan fingerprint density at radius 3 is 2.75 bits per heavy atom. The van der Waals surface area contributed by atoms with Gasteiger partial charge >= 0.3 is 0 Å². The van der Waals surface area contributed by atoms with Gasteiger partial charge in [0.1, 0.15) is 0 Å². The van der Waals surface area contributed by atoms with Crippen molar-refractivity contribution in [3.8, 4) is 0 Å². The minimum absolute atomic E-state index is 0.203. The van der Waals surface area contributed by atoms with Crippen molar-refractivity contribution < 1.29 is 4.79 Å². The summed E-state index contributed by atoms with van der Waals surface area (Å²) in [5.41, 5.74) is 0.552. The Kier molecular flexibility index (Phi) is 3.47. The van der Waals surface area contributed by atoms with E-state index in [1.54, 1.807) is 24.5 Å². The largest absolute Gasteiger partial charge is 0.296 e. The first-order valence-electron chi connectivity index (χ1n) is 4.38. The van der Waals surface area contributed by atoms with E-state index in [0.29, 0.717) is 10.7 Å². The highest BCUT2D eigenvalue weighted by Crippen LogP contribution is 2.23. The van der Waals surface area contributed by atoms with Crippen LogP contribution < -0.4 is 5.32 Å². The van der Waals surface area contributed by atoms with Gasteiger partial charge in [-0.05, 0) is 18.4 Å². The molecule has 0 saturated carbocycles. The number of nitrogens with zero attached hydrogens (tertiary/aromatic N) is 3. The Balaban J connectivity index is 2.08. The minimum atomic E-state index is -0.203. The first kappa shape index (κ1) is 11.0. The predicted octanol–water partition coefficient (Wildman–Crippen LogP) is 1.91. The summed E-state index contributed by atoms with van der Waals surface area (Å²) < 4.78 is 0.824. The molecule has 0 atom stereocenters. The maximum atomic E-state index is 11.7. The van der Waals surface area contributed by atoms with Crippen molar-refractivity contribution in [3.05, 3.63) is 30.1 Å². The van der Waals surface area contributed by atoms with Crippen LogP contribution in [0.2, 0.25) is 0 Å². The highest BCUT2D eigenvalue weighted by atomic mass is 32.2. The molecule has 2 heterocycles. The van der Waals surface area contributed by atoms with Crippen LogP contribution in [-0.2, 0) is 0 Å². The van der Waals surface area contributed by atoms with Crippen molar-refractivity contribution in [2.24, 2.45) is 0 Å². The summed E-state index contributed by atoms with van der Waals surface area (Å²) in [6.07, 6.45) is 5.06. The van der Waals surface area contributed by atoms with E-state index in [2.05, 4.69) is 20.5 Å². The second-order valence-corrected chi connectivity index (χ2v) is 4.80. The lowest BCUT2D eigenvalue weighted by Gasteiger charge is -1.99. The Morgan fingerprint density at radius 1 is 1.38 bits per heavy atom. The molecular formula is C9H8N4OS2. The van der Waals surface area contributed by atoms with Gasteiger partial charge in [-0.2, -0.15) is 0 Å². The van der Waals surface area contributed by atoms with Crippen LogP contribution in [0.5, 0.6) is 0 Å². The van der Waals surface area contributed by atoms with Gasteiger partial charge in [-0.15, -0.1) is 10.2 Å². The molecule has 0 fully saturated rings. The number of hydrogen-bond donors (Lipinski definition) is 1. The van der Waals surface area contributed by atoms with Gasteiger partial charge in [0.25, 0.3) is 5.91 Å². The maximum absolute atomic E-state index is 11.7. The molecule has 2 aromatic heterocycles. The highest BCUT2D eigenvalue weighted by molar-refractivity contribution is 8.00. The number of rotatable bonds is 3. The Bertz CT molecular complexity index is 485. The summed E-state index contributed by atoms with van der Waals surface area (Å²) in [6, 6.07) is 3.29. The van der Waals surface area contributed by atoms with Gasteiger partial charge in [0.15, 0.2) is 4.34 Å². The average Bonchev–Trinajstić information content (AvgIpc) is 2.78. The van der Waals surface area contributed by atoms with Crippen LogP contribution in [0.15, 0.2) is 28.9 Å². The van der Waals surface area contributed by atoms with Crippen LogP contribution in [0, 0.1) is 0 Å². The average molecular weight is 252 g/mol. The molecule has 0 aliphatic carbocycles. The van der Waals surface area contributed by atoms with E-state index in [0.717, 1.165) is 4.34 Å². The number of hydrogen-bond acceptors (Lipinski definition) is 6. The fourth-order valence-electron chi connectivity index (χ4n) is 1.02. The lowest BCUT2D eigenvalue weighted by atomic mass is 10.2. The molecule has 16 heavy (non-hydrogen) atoms. The van der Waals surface area contributed by atoms with Crippen molar-refractivity contribution >= 4 is 34.1 Å². The van der Waals surface area contributed by atoms with Crippen LogP contribution in [0.25, 0.3) is 0 Å². The van der Waals surface area contributed by atoms with E-state index in [1.165, 1.54) is 23.1 Å². The molecule has 0 unspecified atom stereocenters. The minimum Gasteiger partial charge on any atom is -0.296 e. The number of amides is 1. The number of carbonyl (C=O) groups is 1. The zero-order valence-corrected chi connectivity index (χ0v) is 10.0. The van der Waals surface area contributed by atoms with Gasteiger partial charge in [-0.1, -0.05) is 23.1 Å². The number of nitrogens with one attached hydrogen (secondary N) is 1. The van der Waals surface area contributed by atoms with Gasteiger partial charge in [0, 0.05) is 18.0 Å². The molecule has 1 amide bonds. The van der Waals surface area contributed by atoms with Crippen molar-refractivity contribution in [2.45, 2.75) is 4.34 Å². The summed E-state index contributed by atoms with van der Waals surface area (Å²) in [6.45, 7) is 0. The number of anilines is 1. The van der Waals surface area contributed by atoms with E-state index in [1.807, 2.05) is 6.26 Å². The summed E-state index contributed by atoms with van der Waals surface area (Å²) in [7, 11) is 0. The summed E-state index contributed by atoms with van der Waals surface area (Å²) in [5, 5.41) is 10.9. The van der Waals surface area contributed by atoms with E-state index in [4.69, 9.17) is 0 Å². The molecule has 0 aromatic carbocycles. The first-order chi connectivity index (χ1) is 7.79. The molecule has 0 radical (unpaired) electrons. The second-order valence-electron chi connectivity index (χ2n) is 2.77. The van der Waals surface area contributed by atoms with Gasteiger partial charge < -0.3 is 0 Å². The van der Waals surface area contributed by atoms with Gasteiger partial charge in [0.2, 0.25) is 5.13 Å². The van der Waals surface area contributed by atoms with Crippen LogP contribution in [-0.4, -0.2) is 27.3 Å². The zero-order valence-electron chi connectivity index (χ0n) is 8.38. The number of carbonyl (C=O) groups excluding carboxylic acids is 1. The van der Waals surface area contributed by atoms with Gasteiger partial charge in [-0.25, -0.2) is 0 Å². The lowest BCUT2D eigenvalue weighted by Crippen LogP contribution is -2.11. The molecule has 2 rings (SSSR count). The van der Waals surface area contributed by atoms with Gasteiger partial charge in [-0.3, -0.25) is 15.1 Å². The Morgan fingerprint density at radius 2 is 2.12 bits per heavy atom. The monoisotopic (exact) mass is 252 g/mol. The molecule has 82 valence electrons. The zero-order chi connectivity index (χ0) is 11.4. The predicted molar refractivity (Wildman–Crippen MR) is 63.9 cm³/mol. The maximum Gasteiger partial charge on any atom is 0.257 e. The lowest BCUT2D eigenvalue weighted by molar-refractivity contribution is 0.102. The number of thioether (sulfide) groups is 1. The molecule has 0 aliphatic rings. The number of aromatic nitrogens is 3. The summed E-state index contributed by atoms with van der Waals surface area (Å²) in [4.78, 5) is 15.5. The highest BCUT2D eigenvalue weighted by Gasteiger charge is 2.09. The van der Waals surface area contributed by atoms with Crippen LogP contribution in [0.3, 0.4) is 0 Å². The molecular weight excluding hydrogens is 244 g/mol. The molecule has 1 N–H and O–H groups in total. The SMILES string of the molecule is CSc1nnc(NC(=O)c2ccncc2)s1.